The van der Waals surface area contributed by atoms with Crippen LogP contribution in [0.3, 0.4) is 0 Å². The number of rotatable bonds is 4. The lowest BCUT2D eigenvalue weighted by molar-refractivity contribution is 0.174. The molecule has 0 heterocycles. The Morgan fingerprint density at radius 2 is 1.88 bits per heavy atom. The van der Waals surface area contributed by atoms with Gasteiger partial charge in [-0.05, 0) is 19.5 Å². The van der Waals surface area contributed by atoms with Gasteiger partial charge in [0, 0.05) is 0 Å². The molecule has 1 unspecified atom stereocenters. The average molecular weight is 263 g/mol. The Bertz CT molecular complexity index is 392. The molecule has 0 bridgehead atoms. The number of nitrogens with one attached hydrogen (secondary N) is 1. The van der Waals surface area contributed by atoms with Gasteiger partial charge < -0.3 is 5.11 Å². The summed E-state index contributed by atoms with van der Waals surface area (Å²) < 4.78 is 31.8. The van der Waals surface area contributed by atoms with Gasteiger partial charge in [0.15, 0.2) is 0 Å². The fourth-order valence-electron chi connectivity index (χ4n) is 0.814. The lowest BCUT2D eigenvalue weighted by Crippen LogP contribution is -2.27. The zero-order valence-electron chi connectivity index (χ0n) is 9.70. The Morgan fingerprint density at radius 3 is 2.12 bits per heavy atom. The first kappa shape index (κ1) is 16.0. The van der Waals surface area contributed by atoms with Crippen molar-refractivity contribution in [2.75, 3.05) is 7.05 Å². The summed E-state index contributed by atoms with van der Waals surface area (Å²) in [6.45, 7) is 1.59. The predicted molar refractivity (Wildman–Crippen MR) is 63.5 cm³/mol. The minimum absolute atomic E-state index is 0.140. The molecule has 98 valence electrons. The highest BCUT2D eigenvalue weighted by Gasteiger charge is 2.08. The second-order valence-electron chi connectivity index (χ2n) is 3.10. The third kappa shape index (κ3) is 9.91. The van der Waals surface area contributed by atoms with Gasteiger partial charge >= 0.3 is 10.4 Å². The topological polar surface area (TPSA) is 95.9 Å². The summed E-state index contributed by atoms with van der Waals surface area (Å²) in [6.07, 6.45) is -0.694. The number of hydrogen-bond acceptors (Lipinski definition) is 5. The van der Waals surface area contributed by atoms with Crippen molar-refractivity contribution < 1.29 is 22.3 Å². The van der Waals surface area contributed by atoms with Gasteiger partial charge in [0.2, 0.25) is 0 Å². The van der Waals surface area contributed by atoms with E-state index in [0.717, 1.165) is 5.56 Å². The molecule has 17 heavy (non-hydrogen) atoms. The van der Waals surface area contributed by atoms with E-state index >= 15 is 0 Å². The molecule has 1 atom stereocenters. The third-order valence-electron chi connectivity index (χ3n) is 1.70. The zero-order valence-corrected chi connectivity index (χ0v) is 10.5. The number of benzene rings is 1. The van der Waals surface area contributed by atoms with E-state index in [2.05, 4.69) is 9.50 Å². The van der Waals surface area contributed by atoms with Crippen LogP contribution in [0.5, 0.6) is 0 Å². The molecule has 6 nitrogen and oxygen atoms in total. The molecule has 0 saturated heterocycles. The summed E-state index contributed by atoms with van der Waals surface area (Å²) in [4.78, 5) is 0. The zero-order chi connectivity index (χ0) is 13.3. The Labute approximate surface area is 101 Å². The first-order chi connectivity index (χ1) is 7.89. The van der Waals surface area contributed by atoms with Crippen LogP contribution in [-0.2, 0) is 21.2 Å². The number of aliphatic hydroxyl groups is 1. The van der Waals surface area contributed by atoms with Crippen molar-refractivity contribution in [2.24, 2.45) is 0 Å². The van der Waals surface area contributed by atoms with Crippen LogP contribution in [0.25, 0.3) is 0 Å². The molecule has 0 amide bonds. The number of hydrogen-bond donors (Lipinski definition) is 3. The van der Waals surface area contributed by atoms with Gasteiger partial charge in [-0.15, -0.1) is 0 Å². The molecule has 0 aliphatic carbocycles. The van der Waals surface area contributed by atoms with Gasteiger partial charge in [0.25, 0.3) is 0 Å². The molecular weight excluding hydrogens is 246 g/mol. The first-order valence-corrected chi connectivity index (χ1v) is 6.23. The molecule has 0 saturated carbocycles. The van der Waals surface area contributed by atoms with Crippen molar-refractivity contribution in [1.82, 2.24) is 5.32 Å². The van der Waals surface area contributed by atoms with Gasteiger partial charge in [-0.2, -0.15) is 8.42 Å². The van der Waals surface area contributed by atoms with Crippen LogP contribution in [-0.4, -0.2) is 31.4 Å². The second kappa shape index (κ2) is 8.15. The van der Waals surface area contributed by atoms with E-state index in [0.29, 0.717) is 0 Å². The van der Waals surface area contributed by atoms with Gasteiger partial charge in [0.05, 0.1) is 6.61 Å². The van der Waals surface area contributed by atoms with Crippen LogP contribution in [0, 0.1) is 0 Å². The molecule has 0 radical (unpaired) electrons. The molecule has 0 fully saturated rings. The van der Waals surface area contributed by atoms with Crippen molar-refractivity contribution >= 4 is 10.4 Å². The Kier molecular flexibility index (Phi) is 7.68. The van der Waals surface area contributed by atoms with E-state index in [1.54, 1.807) is 0 Å². The van der Waals surface area contributed by atoms with Crippen LogP contribution < -0.4 is 5.32 Å². The lowest BCUT2D eigenvalue weighted by Gasteiger charge is -2.06. The fourth-order valence-corrected chi connectivity index (χ4v) is 1.27. The molecule has 7 heteroatoms. The van der Waals surface area contributed by atoms with Crippen molar-refractivity contribution in [3.05, 3.63) is 35.9 Å². The summed E-state index contributed by atoms with van der Waals surface area (Å²) >= 11 is 0. The molecule has 0 aromatic heterocycles. The van der Waals surface area contributed by atoms with Gasteiger partial charge in [0.1, 0.15) is 6.23 Å². The van der Waals surface area contributed by atoms with Crippen LogP contribution >= 0.6 is 0 Å². The predicted octanol–water partition coefficient (Wildman–Crippen LogP) is 0.550. The highest BCUT2D eigenvalue weighted by atomic mass is 32.3. The van der Waals surface area contributed by atoms with E-state index in [4.69, 9.17) is 9.66 Å². The Hall–Kier alpha value is -0.990. The average Bonchev–Trinajstić information content (AvgIpc) is 2.28. The molecule has 0 spiro atoms. The molecule has 3 N–H and O–H groups in total. The smallest absolute Gasteiger partial charge is 0.392 e. The van der Waals surface area contributed by atoms with Crippen LogP contribution in [0.1, 0.15) is 12.5 Å². The lowest BCUT2D eigenvalue weighted by atomic mass is 10.2. The number of aliphatic hydroxyl groups excluding tert-OH is 1. The summed E-state index contributed by atoms with van der Waals surface area (Å²) in [5.41, 5.74) is 0.965. The molecule has 0 aliphatic heterocycles. The van der Waals surface area contributed by atoms with Crippen LogP contribution in [0.15, 0.2) is 30.3 Å². The van der Waals surface area contributed by atoms with Gasteiger partial charge in [-0.25, -0.2) is 4.18 Å². The van der Waals surface area contributed by atoms with E-state index in [9.17, 15) is 8.42 Å². The highest BCUT2D eigenvalue weighted by molar-refractivity contribution is 7.80. The highest BCUT2D eigenvalue weighted by Crippen LogP contribution is 1.95. The van der Waals surface area contributed by atoms with Crippen LogP contribution in [0.4, 0.5) is 0 Å². The molecule has 1 aromatic rings. The second-order valence-corrected chi connectivity index (χ2v) is 4.15. The SMILES string of the molecule is CNC(C)OS(=O)(=O)O.OCc1ccccc1. The molecule has 1 rings (SSSR count). The van der Waals surface area contributed by atoms with Crippen molar-refractivity contribution in [3.63, 3.8) is 0 Å². The van der Waals surface area contributed by atoms with E-state index < -0.39 is 16.6 Å². The summed E-state index contributed by atoms with van der Waals surface area (Å²) in [5, 5.41) is 11.0. The van der Waals surface area contributed by atoms with Crippen LogP contribution in [0.2, 0.25) is 0 Å². The van der Waals surface area contributed by atoms with Gasteiger partial charge in [-0.1, -0.05) is 30.3 Å². The van der Waals surface area contributed by atoms with E-state index in [1.165, 1.54) is 14.0 Å². The quantitative estimate of drug-likeness (QED) is 0.542. The fraction of sp³-hybridized carbons (Fsp3) is 0.400. The van der Waals surface area contributed by atoms with E-state index in [-0.39, 0.29) is 6.61 Å². The van der Waals surface area contributed by atoms with Gasteiger partial charge in [-0.3, -0.25) is 9.87 Å². The maximum atomic E-state index is 9.89. The van der Waals surface area contributed by atoms with Crippen molar-refractivity contribution in [2.45, 2.75) is 19.8 Å². The normalized spacial score (nSPS) is 12.5. The summed E-state index contributed by atoms with van der Waals surface area (Å²) in [5.74, 6) is 0. The maximum Gasteiger partial charge on any atom is 0.398 e. The summed E-state index contributed by atoms with van der Waals surface area (Å²) in [7, 11) is -2.79. The largest absolute Gasteiger partial charge is 0.398 e. The summed E-state index contributed by atoms with van der Waals surface area (Å²) in [6, 6.07) is 9.52. The minimum atomic E-state index is -4.30. The standard InChI is InChI=1S/C7H8O.C3H9NO4S/c8-6-7-4-2-1-3-5-7;1-3(4-2)8-9(5,6)7/h1-5,8H,6H2;3-4H,1-2H3,(H,5,6,7). The molecule has 0 aliphatic rings. The Morgan fingerprint density at radius 1 is 1.35 bits per heavy atom. The first-order valence-electron chi connectivity index (χ1n) is 4.86. The molecular formula is C10H17NO5S. The van der Waals surface area contributed by atoms with Crippen molar-refractivity contribution in [3.8, 4) is 0 Å². The Balaban J connectivity index is 0.000000302. The van der Waals surface area contributed by atoms with Crippen molar-refractivity contribution in [1.29, 1.82) is 0 Å². The molecule has 1 aromatic carbocycles. The minimum Gasteiger partial charge on any atom is -0.392 e. The third-order valence-corrected chi connectivity index (χ3v) is 2.23. The maximum absolute atomic E-state index is 9.89. The monoisotopic (exact) mass is 263 g/mol. The van der Waals surface area contributed by atoms with E-state index in [1.807, 2.05) is 30.3 Å².